The van der Waals surface area contributed by atoms with Crippen LogP contribution in [0, 0.1) is 0 Å². The molecule has 4 aromatic rings. The first-order valence-electron chi connectivity index (χ1n) is 8.13. The molecule has 4 rings (SSSR count). The van der Waals surface area contributed by atoms with Gasteiger partial charge in [0, 0.05) is 11.4 Å². The molecule has 124 valence electrons. The van der Waals surface area contributed by atoms with Crippen molar-refractivity contribution in [1.82, 2.24) is 14.8 Å². The van der Waals surface area contributed by atoms with E-state index in [9.17, 15) is 0 Å². The van der Waals surface area contributed by atoms with Crippen molar-refractivity contribution in [1.29, 1.82) is 0 Å². The maximum absolute atomic E-state index is 4.46. The van der Waals surface area contributed by atoms with Gasteiger partial charge in [-0.15, -0.1) is 21.5 Å². The predicted octanol–water partition coefficient (Wildman–Crippen LogP) is 5.33. The number of hydrogen-bond donors (Lipinski definition) is 0. The molecular weight excluding hydrogens is 346 g/mol. The maximum Gasteiger partial charge on any atom is 0.196 e. The molecule has 0 atom stereocenters. The summed E-state index contributed by atoms with van der Waals surface area (Å²) in [6.07, 6.45) is 1.02. The Kier molecular flexibility index (Phi) is 4.95. The smallest absolute Gasteiger partial charge is 0.196 e. The Morgan fingerprint density at radius 3 is 2.32 bits per heavy atom. The Balaban J connectivity index is 1.61. The average molecular weight is 364 g/mol. The van der Waals surface area contributed by atoms with Gasteiger partial charge >= 0.3 is 0 Å². The number of aromatic nitrogens is 3. The van der Waals surface area contributed by atoms with Crippen LogP contribution in [0.1, 0.15) is 5.56 Å². The van der Waals surface area contributed by atoms with Gasteiger partial charge < -0.3 is 0 Å². The summed E-state index contributed by atoms with van der Waals surface area (Å²) in [4.78, 5) is 1.13. The zero-order chi connectivity index (χ0) is 16.9. The third-order valence-corrected chi connectivity index (χ3v) is 5.65. The van der Waals surface area contributed by atoms with E-state index in [0.29, 0.717) is 0 Å². The van der Waals surface area contributed by atoms with Gasteiger partial charge in [0.2, 0.25) is 0 Å². The summed E-state index contributed by atoms with van der Waals surface area (Å²) in [5, 5.41) is 11.9. The molecule has 0 saturated heterocycles. The van der Waals surface area contributed by atoms with Crippen molar-refractivity contribution in [3.63, 3.8) is 0 Å². The van der Waals surface area contributed by atoms with Gasteiger partial charge in [-0.05, 0) is 35.6 Å². The number of nitrogens with zero attached hydrogens (tertiary/aromatic N) is 3. The minimum Gasteiger partial charge on any atom is -0.269 e. The van der Waals surface area contributed by atoms with Gasteiger partial charge in [-0.1, -0.05) is 66.4 Å². The van der Waals surface area contributed by atoms with E-state index in [0.717, 1.165) is 33.7 Å². The number of hydrogen-bond acceptors (Lipinski definition) is 4. The van der Waals surface area contributed by atoms with Crippen LogP contribution in [-0.2, 0) is 6.42 Å². The molecule has 0 aliphatic carbocycles. The molecule has 25 heavy (non-hydrogen) atoms. The minimum atomic E-state index is 0.906. The first-order valence-corrected chi connectivity index (χ1v) is 10.00. The van der Waals surface area contributed by atoms with Crippen LogP contribution in [0.25, 0.3) is 16.4 Å². The van der Waals surface area contributed by atoms with Crippen molar-refractivity contribution in [2.24, 2.45) is 0 Å². The molecule has 0 spiro atoms. The van der Waals surface area contributed by atoms with Gasteiger partial charge in [0.1, 0.15) is 0 Å². The molecule has 0 aliphatic heterocycles. The third kappa shape index (κ3) is 3.67. The maximum atomic E-state index is 4.46. The molecule has 2 aromatic heterocycles. The van der Waals surface area contributed by atoms with Crippen molar-refractivity contribution < 1.29 is 0 Å². The van der Waals surface area contributed by atoms with E-state index >= 15 is 0 Å². The second-order valence-electron chi connectivity index (χ2n) is 5.54. The van der Waals surface area contributed by atoms with Crippen LogP contribution >= 0.6 is 23.1 Å². The number of para-hydroxylation sites is 1. The van der Waals surface area contributed by atoms with Crippen LogP contribution in [0.2, 0.25) is 0 Å². The van der Waals surface area contributed by atoms with Crippen LogP contribution < -0.4 is 0 Å². The Morgan fingerprint density at radius 1 is 0.840 bits per heavy atom. The van der Waals surface area contributed by atoms with Gasteiger partial charge in [-0.2, -0.15) is 0 Å². The molecule has 0 saturated carbocycles. The highest BCUT2D eigenvalue weighted by molar-refractivity contribution is 7.99. The van der Waals surface area contributed by atoms with Crippen LogP contribution in [-0.4, -0.2) is 20.5 Å². The van der Waals surface area contributed by atoms with Gasteiger partial charge in [0.05, 0.1) is 4.88 Å². The van der Waals surface area contributed by atoms with Gasteiger partial charge in [0.25, 0.3) is 0 Å². The Morgan fingerprint density at radius 2 is 1.60 bits per heavy atom. The summed E-state index contributed by atoms with van der Waals surface area (Å²) in [5.41, 5.74) is 2.44. The lowest BCUT2D eigenvalue weighted by Gasteiger charge is -2.09. The quantitative estimate of drug-likeness (QED) is 0.434. The van der Waals surface area contributed by atoms with Crippen molar-refractivity contribution in [3.05, 3.63) is 83.7 Å². The first-order chi connectivity index (χ1) is 12.4. The third-order valence-electron chi connectivity index (χ3n) is 3.85. The van der Waals surface area contributed by atoms with Gasteiger partial charge in [-0.25, -0.2) is 0 Å². The average Bonchev–Trinajstić information content (AvgIpc) is 3.33. The van der Waals surface area contributed by atoms with Crippen molar-refractivity contribution in [2.75, 3.05) is 5.75 Å². The summed E-state index contributed by atoms with van der Waals surface area (Å²) in [6.45, 7) is 0. The van der Waals surface area contributed by atoms with E-state index in [1.165, 1.54) is 5.56 Å². The highest BCUT2D eigenvalue weighted by Gasteiger charge is 2.16. The lowest BCUT2D eigenvalue weighted by Crippen LogP contribution is -1.99. The van der Waals surface area contributed by atoms with Gasteiger partial charge in [-0.3, -0.25) is 4.57 Å². The van der Waals surface area contributed by atoms with Crippen molar-refractivity contribution >= 4 is 23.1 Å². The van der Waals surface area contributed by atoms with E-state index in [2.05, 4.69) is 68.7 Å². The summed E-state index contributed by atoms with van der Waals surface area (Å²) in [6, 6.07) is 25.0. The summed E-state index contributed by atoms with van der Waals surface area (Å²) in [5.74, 6) is 1.88. The van der Waals surface area contributed by atoms with Crippen molar-refractivity contribution in [3.8, 4) is 16.4 Å². The van der Waals surface area contributed by atoms with E-state index in [4.69, 9.17) is 0 Å². The Bertz CT molecular complexity index is 916. The fourth-order valence-corrected chi connectivity index (χ4v) is 4.28. The van der Waals surface area contributed by atoms with E-state index in [1.807, 2.05) is 24.3 Å². The molecule has 3 nitrogen and oxygen atoms in total. The lowest BCUT2D eigenvalue weighted by atomic mass is 10.2. The molecule has 0 unspecified atom stereocenters. The Hall–Kier alpha value is -2.37. The second-order valence-corrected chi connectivity index (χ2v) is 7.55. The standard InChI is InChI=1S/C20H17N3S2/c1-3-8-16(9-4-1)13-15-25-20-22-21-19(18-12-7-14-24-18)23(20)17-10-5-2-6-11-17/h1-12,14H,13,15H2. The number of thiophene rings is 1. The number of rotatable bonds is 6. The molecule has 0 radical (unpaired) electrons. The molecule has 0 bridgehead atoms. The molecular formula is C20H17N3S2. The molecule has 0 fully saturated rings. The van der Waals surface area contributed by atoms with Crippen LogP contribution in [0.15, 0.2) is 83.3 Å². The Labute approximate surface area is 155 Å². The molecule has 0 aliphatic rings. The lowest BCUT2D eigenvalue weighted by molar-refractivity contribution is 0.885. The zero-order valence-electron chi connectivity index (χ0n) is 13.6. The summed E-state index contributed by atoms with van der Waals surface area (Å²) in [7, 11) is 0. The fourth-order valence-electron chi connectivity index (χ4n) is 2.64. The largest absolute Gasteiger partial charge is 0.269 e. The van der Waals surface area contributed by atoms with Crippen molar-refractivity contribution in [2.45, 2.75) is 11.6 Å². The minimum absolute atomic E-state index is 0.906. The topological polar surface area (TPSA) is 30.7 Å². The number of benzene rings is 2. The van der Waals surface area contributed by atoms with Crippen LogP contribution in [0.4, 0.5) is 0 Å². The van der Waals surface area contributed by atoms with Crippen LogP contribution in [0.3, 0.4) is 0 Å². The van der Waals surface area contributed by atoms with E-state index in [1.54, 1.807) is 23.1 Å². The van der Waals surface area contributed by atoms with E-state index in [-0.39, 0.29) is 0 Å². The van der Waals surface area contributed by atoms with Gasteiger partial charge in [0.15, 0.2) is 11.0 Å². The van der Waals surface area contributed by atoms with E-state index < -0.39 is 0 Å². The molecule has 0 amide bonds. The highest BCUT2D eigenvalue weighted by Crippen LogP contribution is 2.30. The summed E-state index contributed by atoms with van der Waals surface area (Å²) < 4.78 is 2.15. The predicted molar refractivity (Wildman–Crippen MR) is 106 cm³/mol. The molecule has 0 N–H and O–H groups in total. The SMILES string of the molecule is c1ccc(CCSc2nnc(-c3cccs3)n2-c2ccccc2)cc1. The van der Waals surface area contributed by atoms with Crippen LogP contribution in [0.5, 0.6) is 0 Å². The zero-order valence-corrected chi connectivity index (χ0v) is 15.2. The molecule has 2 heterocycles. The highest BCUT2D eigenvalue weighted by atomic mass is 32.2. The first kappa shape index (κ1) is 16.1. The normalized spacial score (nSPS) is 10.9. The molecule has 5 heteroatoms. The number of aryl methyl sites for hydroxylation is 1. The monoisotopic (exact) mass is 363 g/mol. The molecule has 2 aromatic carbocycles. The summed E-state index contributed by atoms with van der Waals surface area (Å²) >= 11 is 3.44. The fraction of sp³-hybridized carbons (Fsp3) is 0.100. The number of thioether (sulfide) groups is 1. The second kappa shape index (κ2) is 7.68.